The molecular formula is C11H17ClN2O2. The molecule has 1 unspecified atom stereocenters. The normalized spacial score (nSPS) is 12.6. The number of methoxy groups -OCH3 is 1. The van der Waals surface area contributed by atoms with Gasteiger partial charge in [-0.2, -0.15) is 0 Å². The van der Waals surface area contributed by atoms with Gasteiger partial charge in [0.15, 0.2) is 0 Å². The van der Waals surface area contributed by atoms with Gasteiger partial charge >= 0.3 is 0 Å². The molecular weight excluding hydrogens is 228 g/mol. The van der Waals surface area contributed by atoms with E-state index in [1.54, 1.807) is 30.0 Å². The minimum absolute atomic E-state index is 0.0125. The fourth-order valence-electron chi connectivity index (χ4n) is 1.39. The molecule has 0 saturated heterocycles. The van der Waals surface area contributed by atoms with E-state index >= 15 is 0 Å². The molecule has 0 aliphatic heterocycles. The van der Waals surface area contributed by atoms with Crippen LogP contribution < -0.4 is 10.9 Å². The average Bonchev–Trinajstić information content (AvgIpc) is 2.30. The monoisotopic (exact) mass is 244 g/mol. The van der Waals surface area contributed by atoms with Gasteiger partial charge in [-0.15, -0.1) is 11.6 Å². The summed E-state index contributed by atoms with van der Waals surface area (Å²) in [5.74, 6) is 0.498. The lowest BCUT2D eigenvalue weighted by atomic mass is 10.3. The summed E-state index contributed by atoms with van der Waals surface area (Å²) in [7, 11) is 1.64. The molecule has 1 atom stereocenters. The van der Waals surface area contributed by atoms with Crippen LogP contribution >= 0.6 is 11.6 Å². The Morgan fingerprint density at radius 3 is 3.00 bits per heavy atom. The molecule has 1 rings (SSSR count). The van der Waals surface area contributed by atoms with Crippen LogP contribution in [-0.2, 0) is 11.3 Å². The molecule has 0 aliphatic rings. The number of aromatic nitrogens is 1. The highest BCUT2D eigenvalue weighted by Gasteiger charge is 2.05. The van der Waals surface area contributed by atoms with Crippen molar-refractivity contribution in [3.8, 4) is 0 Å². The van der Waals surface area contributed by atoms with Crippen LogP contribution in [0.3, 0.4) is 0 Å². The van der Waals surface area contributed by atoms with Crippen LogP contribution in [0.1, 0.15) is 0 Å². The van der Waals surface area contributed by atoms with Crippen molar-refractivity contribution in [2.45, 2.75) is 12.6 Å². The number of alkyl halides is 1. The van der Waals surface area contributed by atoms with Gasteiger partial charge in [0.25, 0.3) is 5.56 Å². The fourth-order valence-corrected chi connectivity index (χ4v) is 1.59. The molecule has 0 aromatic carbocycles. The molecule has 4 nitrogen and oxygen atoms in total. The molecule has 1 aromatic rings. The van der Waals surface area contributed by atoms with E-state index in [-0.39, 0.29) is 11.6 Å². The predicted octanol–water partition coefficient (Wildman–Crippen LogP) is 0.692. The van der Waals surface area contributed by atoms with E-state index in [9.17, 15) is 4.79 Å². The van der Waals surface area contributed by atoms with Gasteiger partial charge in [0, 0.05) is 44.4 Å². The number of nitrogens with zero attached hydrogens (tertiary/aromatic N) is 1. The van der Waals surface area contributed by atoms with Gasteiger partial charge in [-0.05, 0) is 6.07 Å². The first kappa shape index (κ1) is 13.2. The molecule has 0 spiro atoms. The Morgan fingerprint density at radius 2 is 2.38 bits per heavy atom. The van der Waals surface area contributed by atoms with E-state index in [0.717, 1.165) is 0 Å². The summed E-state index contributed by atoms with van der Waals surface area (Å²) in [6, 6.07) is 5.26. The third-order valence-corrected chi connectivity index (χ3v) is 2.61. The quantitative estimate of drug-likeness (QED) is 0.718. The maximum atomic E-state index is 11.4. The van der Waals surface area contributed by atoms with Crippen LogP contribution in [0.5, 0.6) is 0 Å². The Labute approximate surface area is 100 Å². The van der Waals surface area contributed by atoms with E-state index in [1.165, 1.54) is 0 Å². The Kier molecular flexibility index (Phi) is 6.15. The van der Waals surface area contributed by atoms with Gasteiger partial charge in [-0.25, -0.2) is 0 Å². The minimum atomic E-state index is 0.0125. The van der Waals surface area contributed by atoms with E-state index in [4.69, 9.17) is 16.3 Å². The first-order chi connectivity index (χ1) is 7.77. The topological polar surface area (TPSA) is 43.3 Å². The summed E-state index contributed by atoms with van der Waals surface area (Å²) in [6.45, 7) is 1.91. The summed E-state index contributed by atoms with van der Waals surface area (Å²) in [5.41, 5.74) is 0.0125. The third kappa shape index (κ3) is 4.35. The Morgan fingerprint density at radius 1 is 1.56 bits per heavy atom. The van der Waals surface area contributed by atoms with Crippen LogP contribution in [0, 0.1) is 0 Å². The van der Waals surface area contributed by atoms with Gasteiger partial charge in [-0.3, -0.25) is 4.79 Å². The van der Waals surface area contributed by atoms with Crippen molar-refractivity contribution in [2.75, 3.05) is 26.1 Å². The number of rotatable bonds is 7. The van der Waals surface area contributed by atoms with Crippen molar-refractivity contribution in [1.82, 2.24) is 9.88 Å². The summed E-state index contributed by atoms with van der Waals surface area (Å²) < 4.78 is 6.66. The molecule has 0 amide bonds. The Hall–Kier alpha value is -0.840. The largest absolute Gasteiger partial charge is 0.383 e. The molecule has 0 bridgehead atoms. The molecule has 5 heteroatoms. The van der Waals surface area contributed by atoms with Crippen LogP contribution in [0.2, 0.25) is 0 Å². The van der Waals surface area contributed by atoms with Crippen LogP contribution in [-0.4, -0.2) is 36.8 Å². The van der Waals surface area contributed by atoms with E-state index < -0.39 is 0 Å². The second kappa shape index (κ2) is 7.44. The smallest absolute Gasteiger partial charge is 0.250 e. The van der Waals surface area contributed by atoms with Gasteiger partial charge in [0.2, 0.25) is 0 Å². The lowest BCUT2D eigenvalue weighted by molar-refractivity contribution is 0.173. The number of nitrogens with one attached hydrogen (secondary N) is 1. The highest BCUT2D eigenvalue weighted by molar-refractivity contribution is 6.18. The van der Waals surface area contributed by atoms with Crippen LogP contribution in [0.15, 0.2) is 29.2 Å². The summed E-state index contributed by atoms with van der Waals surface area (Å²) >= 11 is 5.75. The molecule has 0 aliphatic carbocycles. The molecule has 1 N–H and O–H groups in total. The predicted molar refractivity (Wildman–Crippen MR) is 65.1 cm³/mol. The lowest BCUT2D eigenvalue weighted by Gasteiger charge is -2.15. The number of hydrogen-bond donors (Lipinski definition) is 1. The second-order valence-electron chi connectivity index (χ2n) is 3.49. The number of ether oxygens (including phenoxy) is 1. The minimum Gasteiger partial charge on any atom is -0.383 e. The zero-order valence-corrected chi connectivity index (χ0v) is 10.1. The van der Waals surface area contributed by atoms with Crippen LogP contribution in [0.4, 0.5) is 0 Å². The van der Waals surface area contributed by atoms with Gasteiger partial charge < -0.3 is 14.6 Å². The van der Waals surface area contributed by atoms with Gasteiger partial charge in [0.05, 0.1) is 6.61 Å². The first-order valence-corrected chi connectivity index (χ1v) is 5.75. The highest BCUT2D eigenvalue weighted by Crippen LogP contribution is 1.89. The third-order valence-electron chi connectivity index (χ3n) is 2.24. The van der Waals surface area contributed by atoms with E-state index in [2.05, 4.69) is 5.32 Å². The Bertz CT molecular complexity index is 354. The van der Waals surface area contributed by atoms with Crippen molar-refractivity contribution in [3.05, 3.63) is 34.7 Å². The molecule has 16 heavy (non-hydrogen) atoms. The van der Waals surface area contributed by atoms with Crippen molar-refractivity contribution in [1.29, 1.82) is 0 Å². The van der Waals surface area contributed by atoms with Crippen molar-refractivity contribution < 1.29 is 4.74 Å². The summed E-state index contributed by atoms with van der Waals surface area (Å²) in [6.07, 6.45) is 1.77. The standard InChI is InChI=1S/C11H17ClN2O2/c1-16-9-10(8-12)13-5-7-14-6-3-2-4-11(14)15/h2-4,6,10,13H,5,7-9H2,1H3. The highest BCUT2D eigenvalue weighted by atomic mass is 35.5. The van der Waals surface area contributed by atoms with Crippen LogP contribution in [0.25, 0.3) is 0 Å². The summed E-state index contributed by atoms with van der Waals surface area (Å²) in [4.78, 5) is 11.4. The number of pyridine rings is 1. The first-order valence-electron chi connectivity index (χ1n) is 5.21. The zero-order valence-electron chi connectivity index (χ0n) is 9.36. The number of hydrogen-bond acceptors (Lipinski definition) is 3. The maximum absolute atomic E-state index is 11.4. The molecule has 0 radical (unpaired) electrons. The SMILES string of the molecule is COCC(CCl)NCCn1ccccc1=O. The fraction of sp³-hybridized carbons (Fsp3) is 0.545. The molecule has 0 saturated carbocycles. The summed E-state index contributed by atoms with van der Waals surface area (Å²) in [5, 5.41) is 3.23. The zero-order chi connectivity index (χ0) is 11.8. The van der Waals surface area contributed by atoms with Gasteiger partial charge in [0.1, 0.15) is 0 Å². The van der Waals surface area contributed by atoms with E-state index in [1.807, 2.05) is 6.07 Å². The second-order valence-corrected chi connectivity index (χ2v) is 3.80. The Balaban J connectivity index is 2.35. The molecule has 1 aromatic heterocycles. The van der Waals surface area contributed by atoms with Crippen molar-refractivity contribution in [3.63, 3.8) is 0 Å². The molecule has 0 fully saturated rings. The van der Waals surface area contributed by atoms with E-state index in [0.29, 0.717) is 25.6 Å². The molecule has 90 valence electrons. The number of halogens is 1. The average molecular weight is 245 g/mol. The maximum Gasteiger partial charge on any atom is 0.250 e. The van der Waals surface area contributed by atoms with Crippen molar-refractivity contribution >= 4 is 11.6 Å². The van der Waals surface area contributed by atoms with Crippen molar-refractivity contribution in [2.24, 2.45) is 0 Å². The lowest BCUT2D eigenvalue weighted by Crippen LogP contribution is -2.37. The molecule has 1 heterocycles. The van der Waals surface area contributed by atoms with Gasteiger partial charge in [-0.1, -0.05) is 6.07 Å².